The van der Waals surface area contributed by atoms with Crippen molar-refractivity contribution >= 4 is 86.6 Å². The standard InChI is InChI=1S/C56H39.Tl/c1-2-3-4-12-38-21-23-42(24-22-38)49-34-53(47-20-11-19-39-13-5-8-17-44(39)32-47)51-29-30-52-54(48-28-26-41-15-7-10-18-45(41)33-48)35-50(37-56(52)55(51)36-49)46-27-25-40-14-6-9-16-43(40)31-46;/h1-11,13-19,21-37H,12,20H2;/b2-1?,4-3-;. The summed E-state index contributed by atoms with van der Waals surface area (Å²) in [6.45, 7) is 0. The van der Waals surface area contributed by atoms with Crippen molar-refractivity contribution in [3.63, 3.8) is 0 Å². The third kappa shape index (κ3) is 7.00. The van der Waals surface area contributed by atoms with E-state index in [1.54, 1.807) is 0 Å². The van der Waals surface area contributed by atoms with Gasteiger partial charge in [0.25, 0.3) is 0 Å². The van der Waals surface area contributed by atoms with Gasteiger partial charge in [-0.25, -0.2) is 0 Å². The molecule has 0 aromatic heterocycles. The van der Waals surface area contributed by atoms with Crippen molar-refractivity contribution in [3.8, 4) is 33.4 Å². The fourth-order valence-electron chi connectivity index (χ4n) is 8.56. The molecule has 1 aliphatic rings. The van der Waals surface area contributed by atoms with E-state index in [1.165, 1.54) is 104 Å². The van der Waals surface area contributed by atoms with Crippen LogP contribution < -0.4 is 0 Å². The Morgan fingerprint density at radius 1 is 0.439 bits per heavy atom. The molecule has 0 aliphatic heterocycles. The van der Waals surface area contributed by atoms with Gasteiger partial charge < -0.3 is 0 Å². The summed E-state index contributed by atoms with van der Waals surface area (Å²) in [6.07, 6.45) is 15.4. The molecule has 0 heterocycles. The summed E-state index contributed by atoms with van der Waals surface area (Å²) in [5.41, 5.74) is 13.8. The van der Waals surface area contributed by atoms with E-state index in [9.17, 15) is 0 Å². The van der Waals surface area contributed by atoms with E-state index in [0.717, 1.165) is 38.6 Å². The Kier molecular flexibility index (Phi) is 9.57. The molecule has 0 bridgehead atoms. The molecule has 10 rings (SSSR count). The molecule has 266 valence electrons. The van der Waals surface area contributed by atoms with Gasteiger partial charge >= 0.3 is 118 Å². The third-order valence-corrected chi connectivity index (χ3v) is 12.4. The topological polar surface area (TPSA) is 0 Å². The number of rotatable bonds is 7. The second-order valence-electron chi connectivity index (χ2n) is 15.0. The molecular formula is C56H39Tl. The second kappa shape index (κ2) is 15.4. The van der Waals surface area contributed by atoms with E-state index in [4.69, 9.17) is 0 Å². The molecule has 1 aliphatic carbocycles. The molecule has 0 fully saturated rings. The van der Waals surface area contributed by atoms with Gasteiger partial charge in [0.1, 0.15) is 0 Å². The molecule has 0 radical (unpaired) electrons. The summed E-state index contributed by atoms with van der Waals surface area (Å²) in [5, 5.41) is 10.1. The minimum atomic E-state index is 0.866. The summed E-state index contributed by atoms with van der Waals surface area (Å²) in [7, 11) is 0. The zero-order valence-electron chi connectivity index (χ0n) is 31.7. The Labute approximate surface area is 350 Å². The number of benzene rings is 9. The van der Waals surface area contributed by atoms with Gasteiger partial charge in [0.2, 0.25) is 0 Å². The van der Waals surface area contributed by atoms with E-state index >= 15 is 0 Å². The first-order chi connectivity index (χ1) is 28.2. The molecule has 0 amide bonds. The van der Waals surface area contributed by atoms with Gasteiger partial charge in [0.05, 0.1) is 0 Å². The molecule has 9 aromatic carbocycles. The summed E-state index contributed by atoms with van der Waals surface area (Å²) < 4.78 is 2.23. The van der Waals surface area contributed by atoms with Crippen LogP contribution in [0.2, 0.25) is 0 Å². The van der Waals surface area contributed by atoms with Crippen LogP contribution in [0, 0.1) is 0 Å². The van der Waals surface area contributed by atoms with E-state index in [1.807, 2.05) is 0 Å². The Morgan fingerprint density at radius 2 is 1.02 bits per heavy atom. The van der Waals surface area contributed by atoms with E-state index in [-0.39, 0.29) is 0 Å². The van der Waals surface area contributed by atoms with Gasteiger partial charge in [-0.1, -0.05) is 127 Å². The van der Waals surface area contributed by atoms with Gasteiger partial charge in [0.15, 0.2) is 0 Å². The van der Waals surface area contributed by atoms with Crippen molar-refractivity contribution in [1.82, 2.24) is 0 Å². The van der Waals surface area contributed by atoms with Crippen molar-refractivity contribution in [2.75, 3.05) is 0 Å². The van der Waals surface area contributed by atoms with Gasteiger partial charge in [0, 0.05) is 0 Å². The van der Waals surface area contributed by atoms with Crippen molar-refractivity contribution in [2.45, 2.75) is 12.8 Å². The quantitative estimate of drug-likeness (QED) is 0.0849. The Balaban J connectivity index is 1.24. The minimum absolute atomic E-state index is 0.866. The third-order valence-electron chi connectivity index (χ3n) is 11.5. The van der Waals surface area contributed by atoms with Crippen LogP contribution in [0.3, 0.4) is 0 Å². The Bertz CT molecular complexity index is 3120. The summed E-state index contributed by atoms with van der Waals surface area (Å²) >= 11 is 0.887. The second-order valence-corrected chi connectivity index (χ2v) is 16.5. The van der Waals surface area contributed by atoms with Crippen molar-refractivity contribution in [3.05, 3.63) is 220 Å². The Morgan fingerprint density at radius 3 is 1.74 bits per heavy atom. The van der Waals surface area contributed by atoms with Gasteiger partial charge in [-0.05, 0) is 107 Å². The number of hydrogen-bond acceptors (Lipinski definition) is 0. The Hall–Kier alpha value is -6.10. The summed E-state index contributed by atoms with van der Waals surface area (Å²) in [6, 6.07) is 63.6. The van der Waals surface area contributed by atoms with Crippen LogP contribution in [0.4, 0.5) is 0 Å². The first-order valence-corrected chi connectivity index (χ1v) is 22.4. The van der Waals surface area contributed by atoms with Crippen LogP contribution in [0.1, 0.15) is 28.7 Å². The number of fused-ring (bicyclic) bond motifs is 6. The van der Waals surface area contributed by atoms with Gasteiger partial charge in [-0.3, -0.25) is 0 Å². The predicted molar refractivity (Wildman–Crippen MR) is 248 cm³/mol. The average Bonchev–Trinajstić information content (AvgIpc) is 3.49. The average molecular weight is 916 g/mol. The predicted octanol–water partition coefficient (Wildman–Crippen LogP) is 15.0. The van der Waals surface area contributed by atoms with Crippen LogP contribution in [0.15, 0.2) is 198 Å². The molecule has 0 saturated carbocycles. The van der Waals surface area contributed by atoms with Crippen LogP contribution in [-0.4, -0.2) is 25.8 Å². The summed E-state index contributed by atoms with van der Waals surface area (Å²) in [4.78, 5) is 0. The molecule has 57 heavy (non-hydrogen) atoms. The number of hydrogen-bond donors (Lipinski definition) is 0. The molecule has 0 nitrogen and oxygen atoms in total. The van der Waals surface area contributed by atoms with Crippen molar-refractivity contribution in [1.29, 1.82) is 0 Å². The van der Waals surface area contributed by atoms with Crippen molar-refractivity contribution < 1.29 is 0 Å². The SMILES string of the molecule is [Tl]/[CH]=C\C=C/Cc1ccc(-c2cc(C3=Cc4ccccc4C=CC3)c3ccc4c(-c5ccc6ccccc6c5)cc(-c5ccc6ccccc6c5)cc4c3c2)cc1. The fraction of sp³-hybridized carbons (Fsp3) is 0.0357. The number of allylic oxidation sites excluding steroid dienone is 5. The van der Waals surface area contributed by atoms with E-state index < -0.39 is 0 Å². The van der Waals surface area contributed by atoms with Crippen LogP contribution >= 0.6 is 0 Å². The zero-order chi connectivity index (χ0) is 38.1. The van der Waals surface area contributed by atoms with E-state index in [2.05, 4.69) is 210 Å². The first kappa shape index (κ1) is 35.3. The van der Waals surface area contributed by atoms with Crippen LogP contribution in [-0.2, 0) is 6.42 Å². The molecule has 1 heteroatoms. The molecule has 0 unspecified atom stereocenters. The van der Waals surface area contributed by atoms with Crippen LogP contribution in [0.25, 0.3) is 94.2 Å². The molecule has 0 spiro atoms. The fourth-order valence-corrected chi connectivity index (χ4v) is 9.06. The van der Waals surface area contributed by atoms with Gasteiger partial charge in [-0.15, -0.1) is 0 Å². The zero-order valence-corrected chi connectivity index (χ0v) is 36.2. The molecule has 0 N–H and O–H groups in total. The maximum atomic E-state index is 2.45. The molecule has 9 aromatic rings. The first-order valence-electron chi connectivity index (χ1n) is 19.8. The summed E-state index contributed by atoms with van der Waals surface area (Å²) in [5.74, 6) is 0. The molecule has 0 saturated heterocycles. The maximum absolute atomic E-state index is 2.45. The van der Waals surface area contributed by atoms with E-state index in [0.29, 0.717) is 0 Å². The van der Waals surface area contributed by atoms with Crippen LogP contribution in [0.5, 0.6) is 0 Å². The van der Waals surface area contributed by atoms with Gasteiger partial charge in [-0.2, -0.15) is 0 Å². The normalized spacial score (nSPS) is 12.9. The molecule has 0 atom stereocenters. The van der Waals surface area contributed by atoms with Crippen molar-refractivity contribution in [2.24, 2.45) is 0 Å². The molecular weight excluding hydrogens is 877 g/mol. The monoisotopic (exact) mass is 916 g/mol.